The molecule has 1 aromatic carbocycles. The Labute approximate surface area is 115 Å². The Morgan fingerprint density at radius 1 is 1.15 bits per heavy atom. The fraction of sp³-hybridized carbons (Fsp3) is 0.286. The third kappa shape index (κ3) is 3.96. The molecule has 20 heavy (non-hydrogen) atoms. The molecular weight excluding hydrogens is 264 g/mol. The van der Waals surface area contributed by atoms with Crippen molar-refractivity contribution in [1.82, 2.24) is 15.3 Å². The van der Waals surface area contributed by atoms with E-state index in [-0.39, 0.29) is 11.6 Å². The van der Waals surface area contributed by atoms with Gasteiger partial charge in [-0.1, -0.05) is 13.8 Å². The topological polar surface area (TPSA) is 47.0 Å². The van der Waals surface area contributed by atoms with Crippen molar-refractivity contribution < 1.29 is 13.5 Å². The maximum absolute atomic E-state index is 13.0. The van der Waals surface area contributed by atoms with E-state index in [2.05, 4.69) is 15.3 Å². The predicted octanol–water partition coefficient (Wildman–Crippen LogP) is 3.05. The van der Waals surface area contributed by atoms with Gasteiger partial charge in [0.25, 0.3) is 0 Å². The first-order valence-corrected chi connectivity index (χ1v) is 6.22. The molecule has 0 radical (unpaired) electrons. The molecule has 0 amide bonds. The monoisotopic (exact) mass is 279 g/mol. The van der Waals surface area contributed by atoms with Crippen LogP contribution in [0.15, 0.2) is 30.6 Å². The molecule has 106 valence electrons. The van der Waals surface area contributed by atoms with E-state index >= 15 is 0 Å². The summed E-state index contributed by atoms with van der Waals surface area (Å²) in [5.74, 6) is -1.48. The molecule has 4 nitrogen and oxygen atoms in total. The molecule has 0 atom stereocenters. The van der Waals surface area contributed by atoms with Crippen molar-refractivity contribution in [2.45, 2.75) is 26.4 Å². The standard InChI is InChI=1S/C14H15F2N3O/c1-9(2)17-6-10-7-19-14(8-18-10)20-11-3-4-12(15)13(16)5-11/h3-5,7-9,17H,6H2,1-2H3. The second-order valence-electron chi connectivity index (χ2n) is 4.56. The fourth-order valence-electron chi connectivity index (χ4n) is 1.46. The first-order chi connectivity index (χ1) is 9.54. The van der Waals surface area contributed by atoms with E-state index in [0.717, 1.165) is 17.8 Å². The lowest BCUT2D eigenvalue weighted by Gasteiger charge is -2.08. The summed E-state index contributed by atoms with van der Waals surface area (Å²) < 4.78 is 31.1. The molecule has 0 aliphatic heterocycles. The van der Waals surface area contributed by atoms with Crippen LogP contribution in [-0.4, -0.2) is 16.0 Å². The Balaban J connectivity index is 2.01. The Bertz CT molecular complexity index is 573. The summed E-state index contributed by atoms with van der Waals surface area (Å²) in [7, 11) is 0. The molecule has 0 saturated heterocycles. The van der Waals surface area contributed by atoms with Gasteiger partial charge in [0.15, 0.2) is 11.6 Å². The predicted molar refractivity (Wildman–Crippen MR) is 70.4 cm³/mol. The van der Waals surface area contributed by atoms with Crippen LogP contribution in [0.1, 0.15) is 19.5 Å². The zero-order valence-corrected chi connectivity index (χ0v) is 11.2. The van der Waals surface area contributed by atoms with Crippen LogP contribution < -0.4 is 10.1 Å². The van der Waals surface area contributed by atoms with E-state index in [1.807, 2.05) is 13.8 Å². The molecule has 0 fully saturated rings. The quantitative estimate of drug-likeness (QED) is 0.913. The lowest BCUT2D eigenvalue weighted by molar-refractivity contribution is 0.444. The van der Waals surface area contributed by atoms with E-state index < -0.39 is 11.6 Å². The van der Waals surface area contributed by atoms with E-state index in [9.17, 15) is 8.78 Å². The zero-order valence-electron chi connectivity index (χ0n) is 11.2. The minimum absolute atomic E-state index is 0.172. The largest absolute Gasteiger partial charge is 0.437 e. The third-order valence-corrected chi connectivity index (χ3v) is 2.49. The second-order valence-corrected chi connectivity index (χ2v) is 4.56. The highest BCUT2D eigenvalue weighted by Crippen LogP contribution is 2.20. The van der Waals surface area contributed by atoms with Crippen LogP contribution in [0.2, 0.25) is 0 Å². The molecule has 1 N–H and O–H groups in total. The Hall–Kier alpha value is -2.08. The molecule has 0 spiro atoms. The van der Waals surface area contributed by atoms with Crippen molar-refractivity contribution in [2.24, 2.45) is 0 Å². The van der Waals surface area contributed by atoms with Crippen LogP contribution in [0, 0.1) is 11.6 Å². The van der Waals surface area contributed by atoms with Crippen molar-refractivity contribution in [3.8, 4) is 11.6 Å². The molecule has 0 unspecified atom stereocenters. The van der Waals surface area contributed by atoms with Gasteiger partial charge in [-0.25, -0.2) is 13.8 Å². The number of benzene rings is 1. The number of hydrogen-bond acceptors (Lipinski definition) is 4. The Morgan fingerprint density at radius 3 is 2.55 bits per heavy atom. The number of ether oxygens (including phenoxy) is 1. The third-order valence-electron chi connectivity index (χ3n) is 2.49. The van der Waals surface area contributed by atoms with Gasteiger partial charge in [-0.15, -0.1) is 0 Å². The normalized spacial score (nSPS) is 10.8. The van der Waals surface area contributed by atoms with Crippen molar-refractivity contribution in [3.63, 3.8) is 0 Å². The summed E-state index contributed by atoms with van der Waals surface area (Å²) in [4.78, 5) is 8.23. The van der Waals surface area contributed by atoms with Gasteiger partial charge in [0, 0.05) is 18.7 Å². The SMILES string of the molecule is CC(C)NCc1cnc(Oc2ccc(F)c(F)c2)cn1. The molecule has 1 aromatic heterocycles. The molecule has 2 rings (SSSR count). The van der Waals surface area contributed by atoms with Crippen molar-refractivity contribution in [2.75, 3.05) is 0 Å². The molecular formula is C14H15F2N3O. The zero-order chi connectivity index (χ0) is 14.5. The van der Waals surface area contributed by atoms with Crippen LogP contribution in [0.25, 0.3) is 0 Å². The maximum Gasteiger partial charge on any atom is 0.237 e. The molecule has 2 aromatic rings. The minimum Gasteiger partial charge on any atom is -0.437 e. The second kappa shape index (κ2) is 6.38. The lowest BCUT2D eigenvalue weighted by Crippen LogP contribution is -2.22. The first-order valence-electron chi connectivity index (χ1n) is 6.22. The highest BCUT2D eigenvalue weighted by molar-refractivity contribution is 5.27. The summed E-state index contributed by atoms with van der Waals surface area (Å²) >= 11 is 0. The smallest absolute Gasteiger partial charge is 0.237 e. The van der Waals surface area contributed by atoms with Gasteiger partial charge < -0.3 is 10.1 Å². The van der Waals surface area contributed by atoms with Crippen LogP contribution >= 0.6 is 0 Å². The molecule has 0 saturated carbocycles. The summed E-state index contributed by atoms with van der Waals surface area (Å²) in [6, 6.07) is 3.65. The number of aromatic nitrogens is 2. The van der Waals surface area contributed by atoms with Gasteiger partial charge >= 0.3 is 0 Å². The van der Waals surface area contributed by atoms with Gasteiger partial charge in [-0.2, -0.15) is 0 Å². The van der Waals surface area contributed by atoms with Gasteiger partial charge in [-0.3, -0.25) is 4.98 Å². The average molecular weight is 279 g/mol. The minimum atomic E-state index is -0.965. The summed E-state index contributed by atoms with van der Waals surface area (Å²) in [5.41, 5.74) is 0.774. The van der Waals surface area contributed by atoms with E-state index in [1.54, 1.807) is 6.20 Å². The van der Waals surface area contributed by atoms with Gasteiger partial charge in [0.2, 0.25) is 5.88 Å². The number of halogens is 2. The van der Waals surface area contributed by atoms with E-state index in [1.165, 1.54) is 12.3 Å². The molecule has 1 heterocycles. The summed E-state index contributed by atoms with van der Waals surface area (Å²) in [5, 5.41) is 3.21. The number of nitrogens with zero attached hydrogens (tertiary/aromatic N) is 2. The van der Waals surface area contributed by atoms with Crippen molar-refractivity contribution in [3.05, 3.63) is 47.9 Å². The first kappa shape index (κ1) is 14.3. The van der Waals surface area contributed by atoms with Crippen molar-refractivity contribution >= 4 is 0 Å². The molecule has 0 aliphatic carbocycles. The molecule has 6 heteroatoms. The van der Waals surface area contributed by atoms with E-state index in [4.69, 9.17) is 4.74 Å². The van der Waals surface area contributed by atoms with Gasteiger partial charge in [-0.05, 0) is 12.1 Å². The van der Waals surface area contributed by atoms with Crippen molar-refractivity contribution in [1.29, 1.82) is 0 Å². The molecule has 0 aliphatic rings. The highest BCUT2D eigenvalue weighted by atomic mass is 19.2. The summed E-state index contributed by atoms with van der Waals surface area (Å²) in [6.07, 6.45) is 3.02. The lowest BCUT2D eigenvalue weighted by atomic mass is 10.3. The Morgan fingerprint density at radius 2 is 1.95 bits per heavy atom. The van der Waals surface area contributed by atoms with E-state index in [0.29, 0.717) is 12.6 Å². The summed E-state index contributed by atoms with van der Waals surface area (Å²) in [6.45, 7) is 4.68. The van der Waals surface area contributed by atoms with Crippen LogP contribution in [-0.2, 0) is 6.54 Å². The van der Waals surface area contributed by atoms with Gasteiger partial charge in [0.05, 0.1) is 18.1 Å². The highest BCUT2D eigenvalue weighted by Gasteiger charge is 2.05. The Kier molecular flexibility index (Phi) is 4.57. The van der Waals surface area contributed by atoms with Gasteiger partial charge in [0.1, 0.15) is 5.75 Å². The fourth-order valence-corrected chi connectivity index (χ4v) is 1.46. The number of hydrogen-bond donors (Lipinski definition) is 1. The number of nitrogens with one attached hydrogen (secondary N) is 1. The average Bonchev–Trinajstić information content (AvgIpc) is 2.42. The van der Waals surface area contributed by atoms with Crippen LogP contribution in [0.3, 0.4) is 0 Å². The maximum atomic E-state index is 13.0. The van der Waals surface area contributed by atoms with Crippen LogP contribution in [0.5, 0.6) is 11.6 Å². The molecule has 0 bridgehead atoms. The van der Waals surface area contributed by atoms with Crippen LogP contribution in [0.4, 0.5) is 8.78 Å². The number of rotatable bonds is 5.